The molecule has 1 unspecified atom stereocenters. The number of hydrogen-bond acceptors (Lipinski definition) is 4. The zero-order valence-electron chi connectivity index (χ0n) is 14.1. The van der Waals surface area contributed by atoms with Crippen LogP contribution in [0.2, 0.25) is 0 Å². The summed E-state index contributed by atoms with van der Waals surface area (Å²) in [4.78, 5) is 25.4. The average molecular weight is 343 g/mol. The van der Waals surface area contributed by atoms with Gasteiger partial charge in [-0.1, -0.05) is 30.3 Å². The first-order valence-corrected chi connectivity index (χ1v) is 8.16. The van der Waals surface area contributed by atoms with Gasteiger partial charge < -0.3 is 19.5 Å². The van der Waals surface area contributed by atoms with Crippen molar-refractivity contribution in [2.24, 2.45) is 5.41 Å². The van der Waals surface area contributed by atoms with Crippen molar-refractivity contribution in [2.75, 3.05) is 33.4 Å². The molecule has 1 fully saturated rings. The molecule has 1 saturated heterocycles. The van der Waals surface area contributed by atoms with E-state index in [2.05, 4.69) is 0 Å². The number of methoxy groups -OCH3 is 1. The molecule has 25 heavy (non-hydrogen) atoms. The van der Waals surface area contributed by atoms with Gasteiger partial charge in [0.05, 0.1) is 6.61 Å². The Labute approximate surface area is 145 Å². The minimum atomic E-state index is -1.02. The van der Waals surface area contributed by atoms with Gasteiger partial charge in [0.1, 0.15) is 11.2 Å². The molecule has 0 aromatic heterocycles. The molecule has 0 spiro atoms. The first-order chi connectivity index (χ1) is 12.0. The topological polar surface area (TPSA) is 76.1 Å². The highest BCUT2D eigenvalue weighted by Crippen LogP contribution is 2.31. The van der Waals surface area contributed by atoms with Gasteiger partial charge in [0.25, 0.3) is 5.91 Å². The Kier molecular flexibility index (Phi) is 4.90. The van der Waals surface area contributed by atoms with Crippen molar-refractivity contribution < 1.29 is 24.2 Å². The van der Waals surface area contributed by atoms with E-state index in [1.807, 2.05) is 42.5 Å². The van der Waals surface area contributed by atoms with Gasteiger partial charge in [-0.2, -0.15) is 0 Å². The summed E-state index contributed by atoms with van der Waals surface area (Å²) in [6, 6.07) is 13.6. The molecule has 3 rings (SSSR count). The molecule has 1 N–H and O–H groups in total. The Morgan fingerprint density at radius 1 is 1.20 bits per heavy atom. The summed E-state index contributed by atoms with van der Waals surface area (Å²) >= 11 is 0. The Morgan fingerprint density at radius 2 is 1.96 bits per heavy atom. The monoisotopic (exact) mass is 343 g/mol. The number of aliphatic carboxylic acids is 1. The van der Waals surface area contributed by atoms with Crippen molar-refractivity contribution in [3.8, 4) is 5.75 Å². The first-order valence-electron chi connectivity index (χ1n) is 8.16. The first kappa shape index (κ1) is 17.2. The van der Waals surface area contributed by atoms with E-state index >= 15 is 0 Å². The lowest BCUT2D eigenvalue weighted by molar-refractivity contribution is -0.151. The second-order valence-electron chi connectivity index (χ2n) is 6.38. The van der Waals surface area contributed by atoms with E-state index in [-0.39, 0.29) is 25.7 Å². The Bertz CT molecular complexity index is 790. The molecule has 1 amide bonds. The number of likely N-dealkylation sites (tertiary alicyclic amines) is 1. The highest BCUT2D eigenvalue weighted by atomic mass is 16.5. The minimum absolute atomic E-state index is 0.0949. The van der Waals surface area contributed by atoms with Crippen LogP contribution in [0.1, 0.15) is 6.42 Å². The highest BCUT2D eigenvalue weighted by Gasteiger charge is 2.46. The van der Waals surface area contributed by atoms with Crippen LogP contribution in [0, 0.1) is 5.41 Å². The van der Waals surface area contributed by atoms with Crippen LogP contribution in [-0.2, 0) is 14.3 Å². The number of benzene rings is 2. The van der Waals surface area contributed by atoms with E-state index in [0.29, 0.717) is 18.7 Å². The van der Waals surface area contributed by atoms with E-state index in [1.54, 1.807) is 0 Å². The number of ether oxygens (including phenoxy) is 2. The van der Waals surface area contributed by atoms with Crippen molar-refractivity contribution in [3.63, 3.8) is 0 Å². The molecule has 1 atom stereocenters. The predicted molar refractivity (Wildman–Crippen MR) is 92.6 cm³/mol. The van der Waals surface area contributed by atoms with E-state index in [0.717, 1.165) is 10.8 Å². The number of carbonyl (C=O) groups is 2. The van der Waals surface area contributed by atoms with Gasteiger partial charge in [0, 0.05) is 20.2 Å². The van der Waals surface area contributed by atoms with Crippen LogP contribution >= 0.6 is 0 Å². The average Bonchev–Trinajstić information content (AvgIpc) is 3.05. The molecule has 1 aliphatic rings. The lowest BCUT2D eigenvalue weighted by Crippen LogP contribution is -2.41. The summed E-state index contributed by atoms with van der Waals surface area (Å²) in [6.07, 6.45) is 0.387. The summed E-state index contributed by atoms with van der Waals surface area (Å²) in [6.45, 7) is 0.532. The van der Waals surface area contributed by atoms with E-state index in [1.165, 1.54) is 12.0 Å². The van der Waals surface area contributed by atoms with Crippen molar-refractivity contribution >= 4 is 22.6 Å². The van der Waals surface area contributed by atoms with Crippen LogP contribution in [0.4, 0.5) is 0 Å². The quantitative estimate of drug-likeness (QED) is 0.870. The zero-order valence-corrected chi connectivity index (χ0v) is 14.1. The molecule has 0 saturated carbocycles. The third-order valence-electron chi connectivity index (χ3n) is 4.66. The van der Waals surface area contributed by atoms with Crippen molar-refractivity contribution in [1.82, 2.24) is 4.90 Å². The van der Waals surface area contributed by atoms with E-state index in [4.69, 9.17) is 9.47 Å². The fourth-order valence-electron chi connectivity index (χ4n) is 3.21. The van der Waals surface area contributed by atoms with Crippen LogP contribution in [0.25, 0.3) is 10.8 Å². The molecule has 1 aliphatic heterocycles. The van der Waals surface area contributed by atoms with E-state index in [9.17, 15) is 14.7 Å². The third-order valence-corrected chi connectivity index (χ3v) is 4.66. The van der Waals surface area contributed by atoms with Crippen LogP contribution < -0.4 is 4.74 Å². The second-order valence-corrected chi connectivity index (χ2v) is 6.38. The normalized spacial score (nSPS) is 20.0. The fraction of sp³-hybridized carbons (Fsp3) is 0.368. The largest absolute Gasteiger partial charge is 0.484 e. The van der Waals surface area contributed by atoms with Crippen LogP contribution in [0.3, 0.4) is 0 Å². The number of nitrogens with zero attached hydrogens (tertiary/aromatic N) is 1. The van der Waals surface area contributed by atoms with Crippen molar-refractivity contribution in [1.29, 1.82) is 0 Å². The molecule has 1 heterocycles. The number of carboxylic acid groups (broad SMARTS) is 1. The number of hydrogen-bond donors (Lipinski definition) is 1. The molecule has 6 heteroatoms. The Hall–Kier alpha value is -2.60. The zero-order chi connectivity index (χ0) is 17.9. The third kappa shape index (κ3) is 3.58. The number of carboxylic acids is 1. The summed E-state index contributed by atoms with van der Waals surface area (Å²) in [5.74, 6) is -0.528. The van der Waals surface area contributed by atoms with Gasteiger partial charge in [-0.15, -0.1) is 0 Å². The Balaban J connectivity index is 1.61. The van der Waals surface area contributed by atoms with Gasteiger partial charge in [-0.3, -0.25) is 9.59 Å². The van der Waals surface area contributed by atoms with Gasteiger partial charge in [-0.05, 0) is 29.3 Å². The maximum Gasteiger partial charge on any atom is 0.313 e. The molecular weight excluding hydrogens is 322 g/mol. The van der Waals surface area contributed by atoms with Crippen molar-refractivity contribution in [2.45, 2.75) is 6.42 Å². The van der Waals surface area contributed by atoms with Crippen LogP contribution in [0.5, 0.6) is 5.75 Å². The molecule has 132 valence electrons. The molecule has 6 nitrogen and oxygen atoms in total. The maximum atomic E-state index is 12.4. The number of fused-ring (bicyclic) bond motifs is 1. The maximum absolute atomic E-state index is 12.4. The lowest BCUT2D eigenvalue weighted by atomic mass is 9.88. The van der Waals surface area contributed by atoms with Crippen LogP contribution in [-0.4, -0.2) is 55.3 Å². The van der Waals surface area contributed by atoms with Crippen molar-refractivity contribution in [3.05, 3.63) is 42.5 Å². The molecule has 2 aromatic rings. The second kappa shape index (κ2) is 7.11. The molecule has 0 radical (unpaired) electrons. The van der Waals surface area contributed by atoms with Crippen LogP contribution in [0.15, 0.2) is 42.5 Å². The minimum Gasteiger partial charge on any atom is -0.484 e. The summed E-state index contributed by atoms with van der Waals surface area (Å²) in [5.41, 5.74) is -1.02. The molecule has 0 bridgehead atoms. The fourth-order valence-corrected chi connectivity index (χ4v) is 3.21. The van der Waals surface area contributed by atoms with Gasteiger partial charge in [0.2, 0.25) is 0 Å². The molecular formula is C19H21NO5. The number of rotatable bonds is 6. The Morgan fingerprint density at radius 3 is 2.68 bits per heavy atom. The smallest absolute Gasteiger partial charge is 0.313 e. The van der Waals surface area contributed by atoms with E-state index < -0.39 is 11.4 Å². The molecule has 0 aliphatic carbocycles. The summed E-state index contributed by atoms with van der Waals surface area (Å²) < 4.78 is 10.6. The number of amides is 1. The van der Waals surface area contributed by atoms with Gasteiger partial charge in [0.15, 0.2) is 6.61 Å². The number of carbonyl (C=O) groups excluding carboxylic acids is 1. The predicted octanol–water partition coefficient (Wildman–Crippen LogP) is 2.17. The highest BCUT2D eigenvalue weighted by molar-refractivity contribution is 5.84. The lowest BCUT2D eigenvalue weighted by Gasteiger charge is -2.23. The summed E-state index contributed by atoms with van der Waals surface area (Å²) in [5, 5.41) is 11.6. The summed E-state index contributed by atoms with van der Waals surface area (Å²) in [7, 11) is 1.47. The standard InChI is InChI=1S/C19H21NO5/c1-24-13-19(18(22)23)8-9-20(12-19)17(21)11-25-16-7-6-14-4-2-3-5-15(14)10-16/h2-7,10H,8-9,11-13H2,1H3,(H,22,23). The SMILES string of the molecule is COCC1(C(=O)O)CCN(C(=O)COc2ccc3ccccc3c2)C1. The van der Waals surface area contributed by atoms with Gasteiger partial charge >= 0.3 is 5.97 Å². The van der Waals surface area contributed by atoms with Gasteiger partial charge in [-0.25, -0.2) is 0 Å². The molecule has 2 aromatic carbocycles.